The molecule has 0 aliphatic heterocycles. The lowest BCUT2D eigenvalue weighted by atomic mass is 10.1. The van der Waals surface area contributed by atoms with E-state index in [2.05, 4.69) is 15.3 Å². The lowest BCUT2D eigenvalue weighted by Gasteiger charge is -2.10. The number of benzene rings is 2. The molecule has 9 nitrogen and oxygen atoms in total. The molecule has 3 heterocycles. The van der Waals surface area contributed by atoms with Crippen LogP contribution in [0.5, 0.6) is 17.2 Å². The smallest absolute Gasteiger partial charge is 0.279 e. The second-order valence-corrected chi connectivity index (χ2v) is 8.07. The molecule has 1 N–H and O–H groups in total. The Bertz CT molecular complexity index is 1620. The Labute approximate surface area is 206 Å². The first-order valence-corrected chi connectivity index (χ1v) is 11.2. The largest absolute Gasteiger partial charge is 0.497 e. The molecule has 5 aromatic rings. The minimum Gasteiger partial charge on any atom is -0.497 e. The number of methoxy groups -OCH3 is 1. The molecule has 0 bridgehead atoms. The number of fused-ring (bicyclic) bond motifs is 1. The number of anilines is 1. The summed E-state index contributed by atoms with van der Waals surface area (Å²) in [7, 11) is 4.96. The maximum atomic E-state index is 13.1. The maximum absolute atomic E-state index is 13.1. The standard InChI is InChI=1S/C27H23N5O4/c1-31-25(17-7-5-4-6-8-17)24(27(34)32(31)2)26(33)30-23-12-10-19(16-29-23)36-22-13-14-28-21-15-18(35-3)9-11-20(21)22/h4-16H,1-3H3,(H,29,30,33). The van der Waals surface area contributed by atoms with Crippen molar-refractivity contribution in [1.82, 2.24) is 19.3 Å². The third kappa shape index (κ3) is 4.18. The molecule has 9 heteroatoms. The molecule has 36 heavy (non-hydrogen) atoms. The summed E-state index contributed by atoms with van der Waals surface area (Å²) in [6.07, 6.45) is 3.16. The topological polar surface area (TPSA) is 100 Å². The average molecular weight is 482 g/mol. The van der Waals surface area contributed by atoms with E-state index in [4.69, 9.17) is 9.47 Å². The Morgan fingerprint density at radius 2 is 1.69 bits per heavy atom. The monoisotopic (exact) mass is 481 g/mol. The molecule has 0 saturated carbocycles. The summed E-state index contributed by atoms with van der Waals surface area (Å²) < 4.78 is 14.3. The van der Waals surface area contributed by atoms with Crippen LogP contribution in [0.3, 0.4) is 0 Å². The average Bonchev–Trinajstić information content (AvgIpc) is 3.14. The van der Waals surface area contributed by atoms with E-state index in [1.807, 2.05) is 48.5 Å². The number of hydrogen-bond donors (Lipinski definition) is 1. The molecule has 0 spiro atoms. The molecule has 3 aromatic heterocycles. The number of aromatic nitrogens is 4. The highest BCUT2D eigenvalue weighted by molar-refractivity contribution is 6.07. The number of amides is 1. The first-order chi connectivity index (χ1) is 17.5. The highest BCUT2D eigenvalue weighted by Crippen LogP contribution is 2.31. The Balaban J connectivity index is 1.38. The van der Waals surface area contributed by atoms with Gasteiger partial charge in [0.1, 0.15) is 28.6 Å². The van der Waals surface area contributed by atoms with Crippen molar-refractivity contribution in [3.63, 3.8) is 0 Å². The van der Waals surface area contributed by atoms with E-state index in [-0.39, 0.29) is 5.56 Å². The molecule has 2 aromatic carbocycles. The van der Waals surface area contributed by atoms with Crippen molar-refractivity contribution in [2.75, 3.05) is 12.4 Å². The summed E-state index contributed by atoms with van der Waals surface area (Å²) >= 11 is 0. The van der Waals surface area contributed by atoms with Crippen LogP contribution in [0.4, 0.5) is 5.82 Å². The van der Waals surface area contributed by atoms with Crippen LogP contribution in [-0.4, -0.2) is 32.3 Å². The highest BCUT2D eigenvalue weighted by Gasteiger charge is 2.24. The number of carbonyl (C=O) groups excluding carboxylic acids is 1. The van der Waals surface area contributed by atoms with Crippen molar-refractivity contribution in [3.8, 4) is 28.5 Å². The fourth-order valence-electron chi connectivity index (χ4n) is 3.98. The molecule has 0 aliphatic rings. The van der Waals surface area contributed by atoms with Crippen LogP contribution >= 0.6 is 0 Å². The van der Waals surface area contributed by atoms with Crippen LogP contribution in [0.25, 0.3) is 22.2 Å². The summed E-state index contributed by atoms with van der Waals surface area (Å²) in [5.74, 6) is 1.56. The van der Waals surface area contributed by atoms with Gasteiger partial charge in [0.15, 0.2) is 0 Å². The van der Waals surface area contributed by atoms with E-state index in [1.165, 1.54) is 10.9 Å². The Morgan fingerprint density at radius 3 is 2.42 bits per heavy atom. The molecule has 0 fully saturated rings. The number of pyridine rings is 2. The van der Waals surface area contributed by atoms with Crippen molar-refractivity contribution >= 4 is 22.6 Å². The van der Waals surface area contributed by atoms with Gasteiger partial charge in [-0.25, -0.2) is 4.98 Å². The molecule has 5 rings (SSSR count). The zero-order chi connectivity index (χ0) is 25.2. The van der Waals surface area contributed by atoms with Crippen molar-refractivity contribution in [1.29, 1.82) is 0 Å². The SMILES string of the molecule is COc1ccc2c(Oc3ccc(NC(=O)c4c(-c5ccccc5)n(C)n(C)c4=O)nc3)ccnc2c1. The summed E-state index contributed by atoms with van der Waals surface area (Å²) in [5, 5.41) is 3.55. The van der Waals surface area contributed by atoms with E-state index < -0.39 is 11.5 Å². The maximum Gasteiger partial charge on any atom is 0.279 e. The molecule has 0 unspecified atom stereocenters. The third-order valence-electron chi connectivity index (χ3n) is 5.91. The predicted octanol–water partition coefficient (Wildman–Crippen LogP) is 4.39. The van der Waals surface area contributed by atoms with Gasteiger partial charge in [-0.3, -0.25) is 23.9 Å². The van der Waals surface area contributed by atoms with E-state index in [9.17, 15) is 9.59 Å². The summed E-state index contributed by atoms with van der Waals surface area (Å²) in [4.78, 5) is 34.7. The Morgan fingerprint density at radius 1 is 0.917 bits per heavy atom. The normalized spacial score (nSPS) is 10.9. The zero-order valence-corrected chi connectivity index (χ0v) is 19.9. The molecule has 180 valence electrons. The number of nitrogens with zero attached hydrogens (tertiary/aromatic N) is 4. The minimum absolute atomic E-state index is 0.0482. The number of carbonyl (C=O) groups is 1. The third-order valence-corrected chi connectivity index (χ3v) is 5.91. The van der Waals surface area contributed by atoms with Crippen LogP contribution < -0.4 is 20.3 Å². The molecular formula is C27H23N5O4. The number of nitrogens with one attached hydrogen (secondary N) is 1. The lowest BCUT2D eigenvalue weighted by Crippen LogP contribution is -2.24. The van der Waals surface area contributed by atoms with Crippen molar-refractivity contribution < 1.29 is 14.3 Å². The van der Waals surface area contributed by atoms with Gasteiger partial charge in [-0.2, -0.15) is 0 Å². The second kappa shape index (κ2) is 9.38. The molecule has 0 saturated heterocycles. The van der Waals surface area contributed by atoms with Crippen LogP contribution in [0, 0.1) is 0 Å². The Kier molecular flexibility index (Phi) is 5.95. The fraction of sp³-hybridized carbons (Fsp3) is 0.111. The van der Waals surface area contributed by atoms with Gasteiger partial charge in [-0.05, 0) is 30.3 Å². The number of ether oxygens (including phenoxy) is 2. The molecule has 0 radical (unpaired) electrons. The predicted molar refractivity (Wildman–Crippen MR) is 137 cm³/mol. The van der Waals surface area contributed by atoms with Gasteiger partial charge in [-0.1, -0.05) is 30.3 Å². The van der Waals surface area contributed by atoms with E-state index in [0.717, 1.165) is 16.5 Å². The van der Waals surface area contributed by atoms with Crippen molar-refractivity contribution in [3.05, 3.63) is 95.0 Å². The Hall–Kier alpha value is -4.92. The quantitative estimate of drug-likeness (QED) is 0.386. The first-order valence-electron chi connectivity index (χ1n) is 11.2. The number of hydrogen-bond acceptors (Lipinski definition) is 6. The summed E-state index contributed by atoms with van der Waals surface area (Å²) in [6, 6.07) is 19.9. The van der Waals surface area contributed by atoms with Crippen LogP contribution in [0.2, 0.25) is 0 Å². The fourth-order valence-corrected chi connectivity index (χ4v) is 3.98. The first kappa shape index (κ1) is 22.9. The van der Waals surface area contributed by atoms with Crippen molar-refractivity contribution in [2.24, 2.45) is 14.1 Å². The van der Waals surface area contributed by atoms with Gasteiger partial charge in [0.25, 0.3) is 11.5 Å². The summed E-state index contributed by atoms with van der Waals surface area (Å²) in [6.45, 7) is 0. The minimum atomic E-state index is -0.537. The molecular weight excluding hydrogens is 458 g/mol. The van der Waals surface area contributed by atoms with Gasteiger partial charge in [0, 0.05) is 37.3 Å². The van der Waals surface area contributed by atoms with E-state index in [0.29, 0.717) is 28.8 Å². The van der Waals surface area contributed by atoms with Gasteiger partial charge >= 0.3 is 0 Å². The van der Waals surface area contributed by atoms with Gasteiger partial charge in [0.05, 0.1) is 24.5 Å². The summed E-state index contributed by atoms with van der Waals surface area (Å²) in [5.41, 5.74) is 1.69. The number of rotatable bonds is 6. The van der Waals surface area contributed by atoms with Gasteiger partial charge in [0.2, 0.25) is 0 Å². The molecule has 1 amide bonds. The van der Waals surface area contributed by atoms with Crippen molar-refractivity contribution in [2.45, 2.75) is 0 Å². The van der Waals surface area contributed by atoms with Crippen LogP contribution in [0.15, 0.2) is 83.9 Å². The van der Waals surface area contributed by atoms with E-state index >= 15 is 0 Å². The van der Waals surface area contributed by atoms with Gasteiger partial charge in [-0.15, -0.1) is 0 Å². The zero-order valence-electron chi connectivity index (χ0n) is 19.9. The lowest BCUT2D eigenvalue weighted by molar-refractivity contribution is 0.102. The highest BCUT2D eigenvalue weighted by atomic mass is 16.5. The van der Waals surface area contributed by atoms with E-state index in [1.54, 1.807) is 50.3 Å². The second-order valence-electron chi connectivity index (χ2n) is 8.07. The molecule has 0 aliphatic carbocycles. The van der Waals surface area contributed by atoms with Crippen LogP contribution in [-0.2, 0) is 14.1 Å². The molecule has 0 atom stereocenters. The van der Waals surface area contributed by atoms with Gasteiger partial charge < -0.3 is 14.8 Å². The van der Waals surface area contributed by atoms with Crippen LogP contribution in [0.1, 0.15) is 10.4 Å².